The molecule has 3 N–H and O–H groups in total. The fourth-order valence-electron chi connectivity index (χ4n) is 2.16. The first kappa shape index (κ1) is 19.8. The van der Waals surface area contributed by atoms with Gasteiger partial charge < -0.3 is 19.7 Å². The second-order valence-electron chi connectivity index (χ2n) is 7.00. The Hall–Kier alpha value is -2.28. The van der Waals surface area contributed by atoms with Gasteiger partial charge in [0.1, 0.15) is 11.4 Å². The lowest BCUT2D eigenvalue weighted by Crippen LogP contribution is -2.40. The van der Waals surface area contributed by atoms with Crippen molar-refractivity contribution in [2.24, 2.45) is 0 Å². The van der Waals surface area contributed by atoms with Crippen LogP contribution in [0.3, 0.4) is 0 Å². The number of aliphatic hydroxyl groups is 1. The zero-order chi connectivity index (χ0) is 18.7. The third-order valence-corrected chi connectivity index (χ3v) is 3.47. The van der Waals surface area contributed by atoms with Crippen LogP contribution in [-0.4, -0.2) is 41.1 Å². The largest absolute Gasteiger partial charge is 0.497 e. The van der Waals surface area contributed by atoms with Gasteiger partial charge in [0, 0.05) is 11.1 Å². The van der Waals surface area contributed by atoms with Crippen LogP contribution in [0.1, 0.15) is 40.2 Å². The summed E-state index contributed by atoms with van der Waals surface area (Å²) in [6.07, 6.45) is -2.33. The van der Waals surface area contributed by atoms with Crippen LogP contribution in [0, 0.1) is 0 Å². The van der Waals surface area contributed by atoms with Crippen molar-refractivity contribution in [1.82, 2.24) is 0 Å². The van der Waals surface area contributed by atoms with E-state index in [4.69, 9.17) is 14.6 Å². The summed E-state index contributed by atoms with van der Waals surface area (Å²) in [4.78, 5) is 23.2. The van der Waals surface area contributed by atoms with Crippen molar-refractivity contribution in [2.75, 3.05) is 12.4 Å². The minimum absolute atomic E-state index is 0.343. The Morgan fingerprint density at radius 2 is 1.75 bits per heavy atom. The number of methoxy groups -OCH3 is 1. The van der Waals surface area contributed by atoms with Crippen molar-refractivity contribution in [3.05, 3.63) is 23.8 Å². The summed E-state index contributed by atoms with van der Waals surface area (Å²) in [5, 5.41) is 21.8. The number of anilines is 1. The molecule has 1 amide bonds. The van der Waals surface area contributed by atoms with E-state index in [1.54, 1.807) is 52.8 Å². The molecule has 7 nitrogen and oxygen atoms in total. The summed E-state index contributed by atoms with van der Waals surface area (Å²) < 4.78 is 10.4. The minimum Gasteiger partial charge on any atom is -0.497 e. The third-order valence-electron chi connectivity index (χ3n) is 3.47. The summed E-state index contributed by atoms with van der Waals surface area (Å²) in [6.45, 7) is 8.35. The standard InChI is InChI=1S/C17H25NO6/c1-16(2,3)24-15(22)18-12-8-7-10(23-6)9-11(12)17(4,5)13(19)14(20)21/h7-9,13,19H,1-6H3,(H,18,22)(H,20,21). The molecule has 0 aliphatic heterocycles. The Balaban J connectivity index is 3.27. The van der Waals surface area contributed by atoms with Gasteiger partial charge in [0.15, 0.2) is 6.10 Å². The van der Waals surface area contributed by atoms with Gasteiger partial charge in [-0.1, -0.05) is 13.8 Å². The molecular formula is C17H25NO6. The smallest absolute Gasteiger partial charge is 0.412 e. The Bertz CT molecular complexity index is 618. The number of hydrogen-bond acceptors (Lipinski definition) is 5. The highest BCUT2D eigenvalue weighted by Gasteiger charge is 2.37. The number of carboxylic acids is 1. The highest BCUT2D eigenvalue weighted by Crippen LogP contribution is 2.36. The molecule has 0 aromatic heterocycles. The van der Waals surface area contributed by atoms with Crippen LogP contribution in [0.2, 0.25) is 0 Å². The number of rotatable bonds is 5. The van der Waals surface area contributed by atoms with E-state index in [1.807, 2.05) is 0 Å². The Morgan fingerprint density at radius 1 is 1.17 bits per heavy atom. The molecule has 0 radical (unpaired) electrons. The van der Waals surface area contributed by atoms with Gasteiger partial charge in [-0.2, -0.15) is 0 Å². The average Bonchev–Trinajstić information content (AvgIpc) is 2.44. The van der Waals surface area contributed by atoms with Crippen molar-refractivity contribution < 1.29 is 29.3 Å². The SMILES string of the molecule is COc1ccc(NC(=O)OC(C)(C)C)c(C(C)(C)C(O)C(=O)O)c1. The topological polar surface area (TPSA) is 105 Å². The van der Waals surface area contributed by atoms with E-state index >= 15 is 0 Å². The summed E-state index contributed by atoms with van der Waals surface area (Å²) >= 11 is 0. The molecule has 7 heteroatoms. The summed E-state index contributed by atoms with van der Waals surface area (Å²) in [5.74, 6) is -0.878. The number of hydrogen-bond donors (Lipinski definition) is 3. The monoisotopic (exact) mass is 339 g/mol. The van der Waals surface area contributed by atoms with Gasteiger partial charge in [-0.15, -0.1) is 0 Å². The molecule has 1 aromatic rings. The minimum atomic E-state index is -1.66. The summed E-state index contributed by atoms with van der Waals surface area (Å²) in [7, 11) is 1.47. The maximum Gasteiger partial charge on any atom is 0.412 e. The van der Waals surface area contributed by atoms with E-state index < -0.39 is 29.2 Å². The van der Waals surface area contributed by atoms with E-state index in [9.17, 15) is 14.7 Å². The molecule has 0 aliphatic carbocycles. The van der Waals surface area contributed by atoms with E-state index in [0.29, 0.717) is 17.0 Å². The van der Waals surface area contributed by atoms with Crippen LogP contribution in [0.5, 0.6) is 5.75 Å². The van der Waals surface area contributed by atoms with E-state index in [2.05, 4.69) is 5.32 Å². The molecule has 0 spiro atoms. The molecule has 0 heterocycles. The number of nitrogens with one attached hydrogen (secondary N) is 1. The second-order valence-corrected chi connectivity index (χ2v) is 7.00. The van der Waals surface area contributed by atoms with Crippen molar-refractivity contribution in [1.29, 1.82) is 0 Å². The lowest BCUT2D eigenvalue weighted by molar-refractivity contribution is -0.150. The van der Waals surface area contributed by atoms with E-state index in [1.165, 1.54) is 7.11 Å². The molecule has 0 fully saturated rings. The number of carbonyl (C=O) groups excluding carboxylic acids is 1. The molecule has 0 saturated carbocycles. The van der Waals surface area contributed by atoms with E-state index in [0.717, 1.165) is 0 Å². The number of amides is 1. The van der Waals surface area contributed by atoms with Crippen molar-refractivity contribution in [3.8, 4) is 5.75 Å². The normalized spacial score (nSPS) is 13.1. The molecule has 1 aromatic carbocycles. The maximum absolute atomic E-state index is 12.0. The number of carboxylic acid groups (broad SMARTS) is 1. The van der Waals surface area contributed by atoms with Crippen LogP contribution in [0.15, 0.2) is 18.2 Å². The molecule has 134 valence electrons. The highest BCUT2D eigenvalue weighted by atomic mass is 16.6. The van der Waals surface area contributed by atoms with Gasteiger partial charge in [-0.3, -0.25) is 5.32 Å². The highest BCUT2D eigenvalue weighted by molar-refractivity contribution is 5.87. The van der Waals surface area contributed by atoms with Crippen LogP contribution in [0.25, 0.3) is 0 Å². The third kappa shape index (κ3) is 4.86. The molecule has 1 rings (SSSR count). The van der Waals surface area contributed by atoms with Gasteiger partial charge in [-0.05, 0) is 44.5 Å². The number of benzene rings is 1. The number of carbonyl (C=O) groups is 2. The first-order valence-corrected chi connectivity index (χ1v) is 7.48. The molecule has 0 aliphatic rings. The molecule has 0 bridgehead atoms. The quantitative estimate of drug-likeness (QED) is 0.762. The van der Waals surface area contributed by atoms with Crippen molar-refractivity contribution >= 4 is 17.7 Å². The average molecular weight is 339 g/mol. The molecule has 1 atom stereocenters. The lowest BCUT2D eigenvalue weighted by Gasteiger charge is -2.31. The van der Waals surface area contributed by atoms with Crippen molar-refractivity contribution in [2.45, 2.75) is 51.7 Å². The number of ether oxygens (including phenoxy) is 2. The van der Waals surface area contributed by atoms with Crippen LogP contribution in [-0.2, 0) is 14.9 Å². The molecular weight excluding hydrogens is 314 g/mol. The summed E-state index contributed by atoms with van der Waals surface area (Å²) in [6, 6.07) is 4.78. The first-order chi connectivity index (χ1) is 10.9. The fraction of sp³-hybridized carbons (Fsp3) is 0.529. The zero-order valence-electron chi connectivity index (χ0n) is 14.8. The second kappa shape index (κ2) is 7.09. The van der Waals surface area contributed by atoms with Crippen molar-refractivity contribution in [3.63, 3.8) is 0 Å². The molecule has 0 saturated heterocycles. The first-order valence-electron chi connectivity index (χ1n) is 7.48. The van der Waals surface area contributed by atoms with Crippen LogP contribution in [0.4, 0.5) is 10.5 Å². The number of aliphatic carboxylic acids is 1. The van der Waals surface area contributed by atoms with Gasteiger partial charge >= 0.3 is 12.1 Å². The predicted octanol–water partition coefficient (Wildman–Crippen LogP) is 2.77. The predicted molar refractivity (Wildman–Crippen MR) is 89.5 cm³/mol. The maximum atomic E-state index is 12.0. The molecule has 1 unspecified atom stereocenters. The van der Waals surface area contributed by atoms with Gasteiger partial charge in [0.25, 0.3) is 0 Å². The zero-order valence-corrected chi connectivity index (χ0v) is 14.8. The fourth-order valence-corrected chi connectivity index (χ4v) is 2.16. The van der Waals surface area contributed by atoms with Gasteiger partial charge in [-0.25, -0.2) is 9.59 Å². The van der Waals surface area contributed by atoms with E-state index in [-0.39, 0.29) is 0 Å². The number of aliphatic hydroxyl groups excluding tert-OH is 1. The van der Waals surface area contributed by atoms with Gasteiger partial charge in [0.05, 0.1) is 7.11 Å². The van der Waals surface area contributed by atoms with Crippen LogP contribution < -0.4 is 10.1 Å². The summed E-state index contributed by atoms with van der Waals surface area (Å²) in [5.41, 5.74) is -1.09. The Morgan fingerprint density at radius 3 is 2.21 bits per heavy atom. The molecule has 24 heavy (non-hydrogen) atoms. The van der Waals surface area contributed by atoms with Crippen LogP contribution >= 0.6 is 0 Å². The lowest BCUT2D eigenvalue weighted by atomic mass is 9.78. The Labute approximate surface area is 141 Å². The Kier molecular flexibility index (Phi) is 5.84. The van der Waals surface area contributed by atoms with Gasteiger partial charge in [0.2, 0.25) is 0 Å².